The number of phenols is 1. The van der Waals surface area contributed by atoms with Gasteiger partial charge in [-0.2, -0.15) is 13.8 Å². The van der Waals surface area contributed by atoms with E-state index in [-0.39, 0.29) is 51.6 Å². The zero-order valence-electron chi connectivity index (χ0n) is 23.9. The average molecular weight is 625 g/mol. The molecule has 16 heteroatoms. The molecule has 0 aliphatic heterocycles. The number of amidine groups is 1. The van der Waals surface area contributed by atoms with Crippen molar-refractivity contribution in [2.75, 3.05) is 26.6 Å². The van der Waals surface area contributed by atoms with Crippen molar-refractivity contribution in [1.82, 2.24) is 4.98 Å². The molecule has 0 unspecified atom stereocenters. The third kappa shape index (κ3) is 7.02. The number of aromatic hydroxyl groups is 1. The maximum absolute atomic E-state index is 16.0. The van der Waals surface area contributed by atoms with E-state index in [4.69, 9.17) is 50.7 Å². The summed E-state index contributed by atoms with van der Waals surface area (Å²) in [6.45, 7) is 0. The molecule has 0 saturated heterocycles. The molecular weight excluding hydrogens is 598 g/mol. The van der Waals surface area contributed by atoms with Crippen molar-refractivity contribution in [3.63, 3.8) is 0 Å². The highest BCUT2D eigenvalue weighted by Crippen LogP contribution is 2.46. The number of benzene rings is 3. The first kappa shape index (κ1) is 31.6. The maximum Gasteiger partial charge on any atom is 0.338 e. The number of halogens is 2. The Hall–Kier alpha value is -6.32. The quantitative estimate of drug-likeness (QED) is 0.0751. The summed E-state index contributed by atoms with van der Waals surface area (Å²) in [5, 5.41) is 27.6. The van der Waals surface area contributed by atoms with E-state index in [1.807, 2.05) is 0 Å². The number of anilines is 1. The monoisotopic (exact) mass is 624 g/mol. The van der Waals surface area contributed by atoms with Crippen LogP contribution in [-0.4, -0.2) is 49.2 Å². The number of nitrogens with zero attached hydrogens (tertiary/aromatic N) is 1. The van der Waals surface area contributed by atoms with E-state index in [9.17, 15) is 9.90 Å². The number of methoxy groups -OCH3 is 3. The first-order chi connectivity index (χ1) is 21.4. The van der Waals surface area contributed by atoms with Gasteiger partial charge in [0, 0.05) is 11.8 Å². The molecule has 8 N–H and O–H groups in total. The predicted octanol–water partition coefficient (Wildman–Crippen LogP) is 4.84. The van der Waals surface area contributed by atoms with E-state index in [0.717, 1.165) is 19.2 Å². The van der Waals surface area contributed by atoms with E-state index >= 15 is 8.78 Å². The van der Waals surface area contributed by atoms with E-state index in [1.165, 1.54) is 50.6 Å². The van der Waals surface area contributed by atoms with Gasteiger partial charge >= 0.3 is 5.97 Å². The zero-order valence-corrected chi connectivity index (χ0v) is 23.9. The predicted molar refractivity (Wildman–Crippen MR) is 156 cm³/mol. The zero-order chi connectivity index (χ0) is 32.8. The van der Waals surface area contributed by atoms with Gasteiger partial charge in [-0.1, -0.05) is 6.07 Å². The number of phenolic OH excluding ortho intramolecular Hbond substituents is 1. The van der Waals surface area contributed by atoms with Gasteiger partial charge in [0.25, 0.3) is 11.8 Å². The molecule has 4 rings (SSSR count). The van der Waals surface area contributed by atoms with Crippen LogP contribution in [0.5, 0.6) is 52.0 Å². The van der Waals surface area contributed by atoms with Crippen LogP contribution in [0.4, 0.5) is 14.5 Å². The molecule has 0 radical (unpaired) electrons. The second-order valence-electron chi connectivity index (χ2n) is 8.85. The summed E-state index contributed by atoms with van der Waals surface area (Å²) in [6.07, 6.45) is 0. The van der Waals surface area contributed by atoms with Crippen molar-refractivity contribution in [2.45, 2.75) is 0 Å². The lowest BCUT2D eigenvalue weighted by atomic mass is 10.1. The first-order valence-corrected chi connectivity index (χ1v) is 12.6. The van der Waals surface area contributed by atoms with Crippen LogP contribution in [-0.2, 0) is 4.74 Å². The number of pyridine rings is 1. The summed E-state index contributed by atoms with van der Waals surface area (Å²) in [7, 11) is 3.62. The molecule has 0 bridgehead atoms. The number of carbonyl (C=O) groups excluding carboxylic acids is 1. The maximum atomic E-state index is 16.0. The molecule has 234 valence electrons. The number of ether oxygens (including phenoxy) is 6. The second-order valence-corrected chi connectivity index (χ2v) is 8.85. The molecule has 1 heterocycles. The molecule has 0 amide bonds. The first-order valence-electron chi connectivity index (χ1n) is 12.6. The fourth-order valence-electron chi connectivity index (χ4n) is 3.83. The second kappa shape index (κ2) is 13.3. The van der Waals surface area contributed by atoms with E-state index in [0.29, 0.717) is 5.69 Å². The molecule has 0 fully saturated rings. The van der Waals surface area contributed by atoms with E-state index < -0.39 is 40.9 Å². The Morgan fingerprint density at radius 3 is 1.98 bits per heavy atom. The number of rotatable bonds is 11. The third-order valence-electron chi connectivity index (χ3n) is 5.86. The van der Waals surface area contributed by atoms with Crippen LogP contribution >= 0.6 is 0 Å². The Bertz CT molecular complexity index is 1780. The molecule has 45 heavy (non-hydrogen) atoms. The van der Waals surface area contributed by atoms with Gasteiger partial charge < -0.3 is 50.3 Å². The van der Waals surface area contributed by atoms with E-state index in [1.54, 1.807) is 6.07 Å². The number of hydrogen-bond acceptors (Lipinski definition) is 11. The Morgan fingerprint density at radius 2 is 1.44 bits per heavy atom. The van der Waals surface area contributed by atoms with Gasteiger partial charge in [-0.15, -0.1) is 0 Å². The summed E-state index contributed by atoms with van der Waals surface area (Å²) >= 11 is 0. The molecule has 0 spiro atoms. The number of hydrogen-bond donors (Lipinski definition) is 6. The molecule has 4 aromatic rings. The van der Waals surface area contributed by atoms with Gasteiger partial charge in [0.1, 0.15) is 23.1 Å². The lowest BCUT2D eigenvalue weighted by molar-refractivity contribution is 0.0599. The minimum absolute atomic E-state index is 0.00255. The summed E-state index contributed by atoms with van der Waals surface area (Å²) < 4.78 is 64.1. The summed E-state index contributed by atoms with van der Waals surface area (Å²) in [6, 6.07) is 11.8. The minimum atomic E-state index is -1.44. The summed E-state index contributed by atoms with van der Waals surface area (Å²) in [5.41, 5.74) is 11.1. The third-order valence-corrected chi connectivity index (χ3v) is 5.86. The average Bonchev–Trinajstić information content (AvgIpc) is 3.01. The van der Waals surface area contributed by atoms with Gasteiger partial charge in [-0.05, 0) is 42.5 Å². The molecule has 0 saturated carbocycles. The molecule has 1 aromatic heterocycles. The normalized spacial score (nSPS) is 10.4. The van der Waals surface area contributed by atoms with Gasteiger partial charge in [-0.3, -0.25) is 10.8 Å². The molecule has 0 aliphatic carbocycles. The molecule has 0 atom stereocenters. The SMILES string of the molecule is COC(=O)c1cc(OC)c(Oc2c(F)c(Oc3cccc(NC(=N)N)c3)nc(Oc3ccc(O)c(C(=N)N)c3)c2F)c(OC)c1. The van der Waals surface area contributed by atoms with Gasteiger partial charge in [0.2, 0.25) is 23.1 Å². The fraction of sp³-hybridized carbons (Fsp3) is 0.103. The topological polar surface area (TPSA) is 217 Å². The smallest absolute Gasteiger partial charge is 0.338 e. The highest BCUT2D eigenvalue weighted by molar-refractivity contribution is 5.98. The number of guanidine groups is 1. The minimum Gasteiger partial charge on any atom is -0.507 e. The van der Waals surface area contributed by atoms with Gasteiger partial charge in [0.15, 0.2) is 17.5 Å². The van der Waals surface area contributed by atoms with Gasteiger partial charge in [-0.25, -0.2) is 4.79 Å². The van der Waals surface area contributed by atoms with Crippen molar-refractivity contribution in [3.8, 4) is 52.0 Å². The highest BCUT2D eigenvalue weighted by Gasteiger charge is 2.29. The fourth-order valence-corrected chi connectivity index (χ4v) is 3.83. The lowest BCUT2D eigenvalue weighted by Crippen LogP contribution is -2.20. The molecule has 0 aliphatic rings. The Balaban J connectivity index is 1.87. The van der Waals surface area contributed by atoms with E-state index in [2.05, 4.69) is 10.3 Å². The van der Waals surface area contributed by atoms with Crippen molar-refractivity contribution >= 4 is 23.5 Å². The standard InChI is InChI=1S/C29H26F2N6O8/c1-40-19-9-13(28(39)42-3)10-20(41-2)23(19)45-24-21(30)26(43-15-6-4-5-14(11-15)36-29(34)35)37-27(22(24)31)44-16-7-8-18(38)17(12-16)25(32)33/h4-12,38H,1-3H3,(H3,32,33)(H4,34,35,36). The van der Waals surface area contributed by atoms with Crippen molar-refractivity contribution in [3.05, 3.63) is 77.4 Å². The van der Waals surface area contributed by atoms with Crippen LogP contribution in [0.1, 0.15) is 15.9 Å². The number of nitrogens with two attached hydrogens (primary N) is 2. The number of nitrogens with one attached hydrogen (secondary N) is 3. The molecule has 3 aromatic carbocycles. The number of aromatic nitrogens is 1. The number of nitrogen functional groups attached to an aromatic ring is 1. The Morgan fingerprint density at radius 1 is 0.844 bits per heavy atom. The molecular formula is C29H26F2N6O8. The van der Waals surface area contributed by atoms with Crippen LogP contribution in [0.2, 0.25) is 0 Å². The van der Waals surface area contributed by atoms with Crippen molar-refractivity contribution < 1.29 is 47.1 Å². The van der Waals surface area contributed by atoms with Gasteiger partial charge in [0.05, 0.1) is 32.5 Å². The van der Waals surface area contributed by atoms with Crippen molar-refractivity contribution in [1.29, 1.82) is 10.8 Å². The van der Waals surface area contributed by atoms with Crippen LogP contribution in [0.25, 0.3) is 0 Å². The number of esters is 1. The van der Waals surface area contributed by atoms with Crippen LogP contribution in [0, 0.1) is 22.5 Å². The lowest BCUT2D eigenvalue weighted by Gasteiger charge is -2.18. The summed E-state index contributed by atoms with van der Waals surface area (Å²) in [4.78, 5) is 16.0. The Kier molecular flexibility index (Phi) is 9.36. The van der Waals surface area contributed by atoms with Crippen LogP contribution in [0.3, 0.4) is 0 Å². The van der Waals surface area contributed by atoms with Crippen molar-refractivity contribution in [2.24, 2.45) is 11.5 Å². The molecule has 14 nitrogen and oxygen atoms in total. The number of carbonyl (C=O) groups is 1. The van der Waals surface area contributed by atoms with Crippen LogP contribution < -0.4 is 40.5 Å². The Labute approximate surface area is 254 Å². The van der Waals surface area contributed by atoms with Crippen LogP contribution in [0.15, 0.2) is 54.6 Å². The summed E-state index contributed by atoms with van der Waals surface area (Å²) in [5.74, 6) is -8.31. The highest BCUT2D eigenvalue weighted by atomic mass is 19.1. The largest absolute Gasteiger partial charge is 0.507 e.